The topological polar surface area (TPSA) is 153 Å². The van der Waals surface area contributed by atoms with Crippen molar-refractivity contribution in [3.05, 3.63) is 47.3 Å². The van der Waals surface area contributed by atoms with Gasteiger partial charge in [-0.2, -0.15) is 0 Å². The van der Waals surface area contributed by atoms with E-state index in [-0.39, 0.29) is 51.6 Å². The van der Waals surface area contributed by atoms with E-state index < -0.39 is 117 Å². The first-order valence-corrected chi connectivity index (χ1v) is 19.3. The first-order chi connectivity index (χ1) is 25.5. The molecule has 1 aliphatic heterocycles. The fourth-order valence-electron chi connectivity index (χ4n) is 7.71. The minimum atomic E-state index is -4.04. The molecular formula is C38H49FN2O9S. The van der Waals surface area contributed by atoms with E-state index in [0.29, 0.717) is 24.0 Å². The Labute approximate surface area is 304 Å². The number of hydrogen-bond acceptors (Lipinski definition) is 9. The fourth-order valence-corrected chi connectivity index (χ4v) is 9.10. The number of ketones is 2. The third-order valence-corrected chi connectivity index (χ3v) is 12.4. The number of amides is 2. The Bertz CT molecular complexity index is 1900. The number of nitrogens with one attached hydrogen (secondary N) is 1. The van der Waals surface area contributed by atoms with Crippen LogP contribution in [0.25, 0.3) is 0 Å². The van der Waals surface area contributed by atoms with Crippen molar-refractivity contribution in [2.24, 2.45) is 29.1 Å². The van der Waals surface area contributed by atoms with E-state index in [9.17, 15) is 36.8 Å². The van der Waals surface area contributed by atoms with Crippen LogP contribution in [-0.4, -0.2) is 59.8 Å². The highest BCUT2D eigenvalue weighted by Gasteiger charge is 2.62. The van der Waals surface area contributed by atoms with E-state index in [1.165, 1.54) is 17.0 Å². The lowest BCUT2D eigenvalue weighted by Gasteiger charge is -2.26. The number of benzene rings is 1. The Kier molecular flexibility index (Phi) is 9.07. The Hall–Kier alpha value is -3.61. The Balaban J connectivity index is 1.31. The lowest BCUT2D eigenvalue weighted by Crippen LogP contribution is -2.41. The first kappa shape index (κ1) is 32.1. The molecule has 2 amide bonds. The lowest BCUT2D eigenvalue weighted by atomic mass is 9.78. The first-order valence-electron chi connectivity index (χ1n) is 19.8. The second kappa shape index (κ2) is 14.4. The van der Waals surface area contributed by atoms with Gasteiger partial charge in [-0.05, 0) is 89.6 Å². The number of ether oxygens (including phenoxy) is 2. The predicted octanol–water partition coefficient (Wildman–Crippen LogP) is 5.68. The standard InChI is InChI=1S/C38H49FN2O9S/c1-37(2,3)50-33(43)16-23-10-7-5-4-6-8-12-25-19-38(25,35(45)40-51(47,48)27-14-15-27)20-32(42)28-17-26(18-29(28)34(23)44)49-36(46)41-21-24-11-9-13-31(39)30(24)22-41/h8-9,11-13,23,25-29H,4-7,10,14-22H2,1-3H3,(H,40,45)/b12-8-/t23-,25+,26-,28-,29?,38-/m1/s1/i4D2,6D2. The molecule has 6 rings (SSSR count). The summed E-state index contributed by atoms with van der Waals surface area (Å²) in [5.41, 5.74) is -1.50. The van der Waals surface area contributed by atoms with Gasteiger partial charge >= 0.3 is 12.1 Å². The van der Waals surface area contributed by atoms with Gasteiger partial charge < -0.3 is 9.47 Å². The average molecular weight is 733 g/mol. The normalized spacial score (nSPS) is 33.7. The summed E-state index contributed by atoms with van der Waals surface area (Å²) in [6.45, 7) is 5.07. The van der Waals surface area contributed by atoms with Crippen LogP contribution in [0.15, 0.2) is 30.4 Å². The van der Waals surface area contributed by atoms with Crippen LogP contribution < -0.4 is 4.72 Å². The van der Waals surface area contributed by atoms with E-state index in [1.54, 1.807) is 32.9 Å². The summed E-state index contributed by atoms with van der Waals surface area (Å²) in [5, 5.41) is -0.742. The highest BCUT2D eigenvalue weighted by Crippen LogP contribution is 2.58. The van der Waals surface area contributed by atoms with Crippen molar-refractivity contribution in [1.29, 1.82) is 0 Å². The van der Waals surface area contributed by atoms with Gasteiger partial charge in [0.1, 0.15) is 29.1 Å². The van der Waals surface area contributed by atoms with Crippen LogP contribution >= 0.6 is 0 Å². The monoisotopic (exact) mass is 732 g/mol. The third-order valence-electron chi connectivity index (χ3n) is 10.6. The van der Waals surface area contributed by atoms with Crippen LogP contribution in [0.5, 0.6) is 0 Å². The molecule has 0 aromatic heterocycles. The molecule has 1 heterocycles. The summed E-state index contributed by atoms with van der Waals surface area (Å²) >= 11 is 0. The van der Waals surface area contributed by atoms with Gasteiger partial charge in [0.25, 0.3) is 0 Å². The van der Waals surface area contributed by atoms with Crippen LogP contribution in [0.1, 0.15) is 114 Å². The molecule has 5 aliphatic rings. The Morgan fingerprint density at radius 3 is 2.53 bits per heavy atom. The summed E-state index contributed by atoms with van der Waals surface area (Å²) < 4.78 is 88.0. The molecule has 3 fully saturated rings. The number of nitrogens with zero attached hydrogens (tertiary/aromatic N) is 1. The minimum absolute atomic E-state index is 0.00415. The molecule has 11 nitrogen and oxygen atoms in total. The maximum atomic E-state index is 14.6. The van der Waals surface area contributed by atoms with Gasteiger partial charge in [0.15, 0.2) is 0 Å². The van der Waals surface area contributed by atoms with Crippen LogP contribution in [-0.2, 0) is 51.8 Å². The van der Waals surface area contributed by atoms with E-state index in [2.05, 4.69) is 4.72 Å². The molecule has 0 saturated heterocycles. The summed E-state index contributed by atoms with van der Waals surface area (Å²) in [5.74, 6) is -7.16. The number of carbonyl (C=O) groups is 5. The van der Waals surface area contributed by atoms with Crippen LogP contribution in [0.3, 0.4) is 0 Å². The summed E-state index contributed by atoms with van der Waals surface area (Å²) in [6.07, 6.45) is -5.04. The number of esters is 1. The van der Waals surface area contributed by atoms with Crippen LogP contribution in [0.2, 0.25) is 0 Å². The quantitative estimate of drug-likeness (QED) is 0.287. The SMILES string of the molecule is [2H]C1([2H])/C=C\[C@H]2C[C@@]2(C(=O)NS(=O)(=O)C2CC2)CC(=O)[C@@H]2C[C@@H](OC(=O)N3Cc4cccc(F)c4C3)CC2C(=O)[C@@H](CC(=O)OC(C)(C)C)CCCC1([2H])[2H]. The summed E-state index contributed by atoms with van der Waals surface area (Å²) in [7, 11) is -4.04. The van der Waals surface area contributed by atoms with Crippen molar-refractivity contribution in [2.45, 2.75) is 128 Å². The number of allylic oxidation sites excluding steroid dienone is 2. The van der Waals surface area contributed by atoms with Gasteiger partial charge in [0.05, 0.1) is 23.6 Å². The van der Waals surface area contributed by atoms with E-state index in [1.807, 2.05) is 0 Å². The number of carbonyl (C=O) groups excluding carboxylic acids is 5. The van der Waals surface area contributed by atoms with Crippen molar-refractivity contribution in [1.82, 2.24) is 9.62 Å². The van der Waals surface area contributed by atoms with Gasteiger partial charge in [0.2, 0.25) is 15.9 Å². The molecule has 0 radical (unpaired) electrons. The van der Waals surface area contributed by atoms with E-state index in [0.717, 1.165) is 6.08 Å². The molecule has 6 atom stereocenters. The van der Waals surface area contributed by atoms with E-state index in [4.69, 9.17) is 15.0 Å². The van der Waals surface area contributed by atoms with Crippen molar-refractivity contribution in [3.63, 3.8) is 0 Å². The lowest BCUT2D eigenvalue weighted by molar-refractivity contribution is -0.157. The molecule has 4 aliphatic carbocycles. The summed E-state index contributed by atoms with van der Waals surface area (Å²) in [4.78, 5) is 70.6. The van der Waals surface area contributed by atoms with Crippen LogP contribution in [0.4, 0.5) is 9.18 Å². The Morgan fingerprint density at radius 1 is 1.08 bits per heavy atom. The maximum Gasteiger partial charge on any atom is 0.410 e. The van der Waals surface area contributed by atoms with Gasteiger partial charge in [0, 0.05) is 41.8 Å². The molecule has 1 N–H and O–H groups in total. The molecular weight excluding hydrogens is 679 g/mol. The van der Waals surface area contributed by atoms with Crippen molar-refractivity contribution in [3.8, 4) is 0 Å². The zero-order valence-corrected chi connectivity index (χ0v) is 30.1. The second-order valence-electron chi connectivity index (χ2n) is 15.7. The molecule has 278 valence electrons. The summed E-state index contributed by atoms with van der Waals surface area (Å²) in [6, 6.07) is 4.55. The predicted molar refractivity (Wildman–Crippen MR) is 184 cm³/mol. The number of rotatable bonds is 6. The highest BCUT2D eigenvalue weighted by atomic mass is 32.2. The Morgan fingerprint density at radius 2 is 1.82 bits per heavy atom. The van der Waals surface area contributed by atoms with Crippen LogP contribution in [0, 0.1) is 34.9 Å². The zero-order chi connectivity index (χ0) is 40.3. The van der Waals surface area contributed by atoms with Crippen molar-refractivity contribution >= 4 is 39.6 Å². The molecule has 51 heavy (non-hydrogen) atoms. The molecule has 0 spiro atoms. The average Bonchev–Trinajstić information content (AvgIpc) is 3.96. The number of fused-ring (bicyclic) bond motifs is 3. The van der Waals surface area contributed by atoms with Gasteiger partial charge in [-0.1, -0.05) is 37.1 Å². The molecule has 1 aromatic rings. The van der Waals surface area contributed by atoms with Gasteiger partial charge in [-0.3, -0.25) is 28.8 Å². The maximum absolute atomic E-state index is 14.6. The number of halogens is 1. The van der Waals surface area contributed by atoms with E-state index >= 15 is 0 Å². The largest absolute Gasteiger partial charge is 0.460 e. The number of hydrogen-bond donors (Lipinski definition) is 1. The molecule has 1 unspecified atom stereocenters. The van der Waals surface area contributed by atoms with Crippen molar-refractivity contribution < 1.29 is 51.7 Å². The third kappa shape index (κ3) is 8.55. The number of Topliss-reactive ketones (excluding diaryl/α,β-unsaturated/α-hetero) is 2. The number of sulfonamides is 1. The molecule has 3 saturated carbocycles. The van der Waals surface area contributed by atoms with Gasteiger partial charge in [-0.25, -0.2) is 17.6 Å². The van der Waals surface area contributed by atoms with Crippen molar-refractivity contribution in [2.75, 3.05) is 0 Å². The highest BCUT2D eigenvalue weighted by molar-refractivity contribution is 7.90. The molecule has 1 aromatic carbocycles. The molecule has 0 bridgehead atoms. The molecule has 13 heteroatoms. The fraction of sp³-hybridized carbons (Fsp3) is 0.658. The minimum Gasteiger partial charge on any atom is -0.460 e. The van der Waals surface area contributed by atoms with Gasteiger partial charge in [-0.15, -0.1) is 0 Å². The second-order valence-corrected chi connectivity index (χ2v) is 17.6. The smallest absolute Gasteiger partial charge is 0.410 e. The zero-order valence-electron chi connectivity index (χ0n) is 33.2.